The van der Waals surface area contributed by atoms with Crippen LogP contribution < -0.4 is 0 Å². The predicted octanol–water partition coefficient (Wildman–Crippen LogP) is 1.91. The van der Waals surface area contributed by atoms with Crippen molar-refractivity contribution in [3.63, 3.8) is 0 Å². The minimum Gasteiger partial charge on any atom is -0.481 e. The van der Waals surface area contributed by atoms with Gasteiger partial charge in [0, 0.05) is 13.2 Å². The van der Waals surface area contributed by atoms with Crippen LogP contribution in [-0.4, -0.2) is 24.3 Å². The van der Waals surface area contributed by atoms with Crippen LogP contribution >= 0.6 is 0 Å². The van der Waals surface area contributed by atoms with Crippen LogP contribution in [-0.2, 0) is 9.53 Å². The van der Waals surface area contributed by atoms with E-state index in [0.717, 1.165) is 45.3 Å². The molecule has 3 heteroatoms. The minimum atomic E-state index is -0.584. The third-order valence-electron chi connectivity index (χ3n) is 3.44. The van der Waals surface area contributed by atoms with Gasteiger partial charge in [0.25, 0.3) is 0 Å². The van der Waals surface area contributed by atoms with Crippen LogP contribution in [0, 0.1) is 17.8 Å². The maximum atomic E-state index is 11.0. The third-order valence-corrected chi connectivity index (χ3v) is 3.44. The van der Waals surface area contributed by atoms with Gasteiger partial charge < -0.3 is 9.84 Å². The van der Waals surface area contributed by atoms with Crippen LogP contribution in [0.25, 0.3) is 0 Å². The molecule has 0 spiro atoms. The van der Waals surface area contributed by atoms with E-state index in [1.165, 1.54) is 0 Å². The fourth-order valence-corrected chi connectivity index (χ4v) is 2.33. The van der Waals surface area contributed by atoms with E-state index in [2.05, 4.69) is 0 Å². The fraction of sp³-hybridized carbons (Fsp3) is 0.909. The highest BCUT2D eigenvalue weighted by Gasteiger charge is 2.37. The van der Waals surface area contributed by atoms with Crippen LogP contribution in [0.1, 0.15) is 32.1 Å². The summed E-state index contributed by atoms with van der Waals surface area (Å²) in [4.78, 5) is 11.0. The Morgan fingerprint density at radius 1 is 1.29 bits per heavy atom. The maximum Gasteiger partial charge on any atom is 0.306 e. The first-order valence-electron chi connectivity index (χ1n) is 5.58. The van der Waals surface area contributed by atoms with Gasteiger partial charge in [0.15, 0.2) is 0 Å². The molecule has 2 aliphatic rings. The molecule has 1 unspecified atom stereocenters. The summed E-state index contributed by atoms with van der Waals surface area (Å²) >= 11 is 0. The molecule has 1 heterocycles. The van der Waals surface area contributed by atoms with Crippen molar-refractivity contribution in [2.24, 2.45) is 17.8 Å². The second-order valence-electron chi connectivity index (χ2n) is 4.57. The zero-order chi connectivity index (χ0) is 9.97. The summed E-state index contributed by atoms with van der Waals surface area (Å²) in [5.41, 5.74) is 0. The lowest BCUT2D eigenvalue weighted by Gasteiger charge is -2.24. The number of hydrogen-bond acceptors (Lipinski definition) is 2. The maximum absolute atomic E-state index is 11.0. The predicted molar refractivity (Wildman–Crippen MR) is 52.0 cm³/mol. The van der Waals surface area contributed by atoms with Crippen molar-refractivity contribution in [3.8, 4) is 0 Å². The van der Waals surface area contributed by atoms with E-state index < -0.39 is 5.97 Å². The van der Waals surface area contributed by atoms with Crippen molar-refractivity contribution in [1.29, 1.82) is 0 Å². The van der Waals surface area contributed by atoms with E-state index in [1.807, 2.05) is 0 Å². The van der Waals surface area contributed by atoms with E-state index in [1.54, 1.807) is 0 Å². The summed E-state index contributed by atoms with van der Waals surface area (Å²) < 4.78 is 5.27. The molecule has 1 N–H and O–H groups in total. The summed E-state index contributed by atoms with van der Waals surface area (Å²) in [6.07, 6.45) is 5.23. The summed E-state index contributed by atoms with van der Waals surface area (Å²) in [7, 11) is 0. The Balaban J connectivity index is 1.82. The van der Waals surface area contributed by atoms with E-state index in [-0.39, 0.29) is 5.92 Å². The second kappa shape index (κ2) is 4.30. The van der Waals surface area contributed by atoms with Crippen molar-refractivity contribution >= 4 is 5.97 Å². The molecule has 1 saturated carbocycles. The van der Waals surface area contributed by atoms with Gasteiger partial charge in [0.05, 0.1) is 5.92 Å². The summed E-state index contributed by atoms with van der Waals surface area (Å²) in [6, 6.07) is 0. The van der Waals surface area contributed by atoms with Gasteiger partial charge in [0.1, 0.15) is 0 Å². The smallest absolute Gasteiger partial charge is 0.306 e. The minimum absolute atomic E-state index is 0.0712. The Hall–Kier alpha value is -0.570. The highest BCUT2D eigenvalue weighted by Crippen LogP contribution is 2.41. The molecule has 0 bridgehead atoms. The molecule has 1 saturated heterocycles. The monoisotopic (exact) mass is 198 g/mol. The molecule has 2 rings (SSSR count). The van der Waals surface area contributed by atoms with E-state index in [9.17, 15) is 4.79 Å². The Bertz CT molecular complexity index is 205. The Morgan fingerprint density at radius 2 is 1.93 bits per heavy atom. The quantitative estimate of drug-likeness (QED) is 0.750. The van der Waals surface area contributed by atoms with Crippen LogP contribution in [0.3, 0.4) is 0 Å². The first kappa shape index (κ1) is 9.97. The average molecular weight is 198 g/mol. The van der Waals surface area contributed by atoms with Gasteiger partial charge in [-0.25, -0.2) is 0 Å². The van der Waals surface area contributed by atoms with Gasteiger partial charge in [-0.3, -0.25) is 4.79 Å². The number of hydrogen-bond donors (Lipinski definition) is 1. The van der Waals surface area contributed by atoms with Gasteiger partial charge in [-0.1, -0.05) is 0 Å². The van der Waals surface area contributed by atoms with Crippen LogP contribution in [0.2, 0.25) is 0 Å². The van der Waals surface area contributed by atoms with Gasteiger partial charge in [-0.2, -0.15) is 0 Å². The zero-order valence-electron chi connectivity index (χ0n) is 8.45. The van der Waals surface area contributed by atoms with Gasteiger partial charge in [-0.15, -0.1) is 0 Å². The molecule has 1 atom stereocenters. The molecule has 80 valence electrons. The van der Waals surface area contributed by atoms with Gasteiger partial charge in [-0.05, 0) is 43.9 Å². The Labute approximate surface area is 84.4 Å². The van der Waals surface area contributed by atoms with E-state index >= 15 is 0 Å². The number of carbonyl (C=O) groups is 1. The fourth-order valence-electron chi connectivity index (χ4n) is 2.33. The SMILES string of the molecule is O=C(O)C(CC1CCOCC1)C1CC1. The molecule has 0 aromatic carbocycles. The number of carboxylic acid groups (broad SMARTS) is 1. The molecular weight excluding hydrogens is 180 g/mol. The highest BCUT2D eigenvalue weighted by molar-refractivity contribution is 5.70. The molecule has 0 radical (unpaired) electrons. The molecule has 1 aliphatic carbocycles. The average Bonchev–Trinajstić information content (AvgIpc) is 2.99. The number of ether oxygens (including phenoxy) is 1. The largest absolute Gasteiger partial charge is 0.481 e. The topological polar surface area (TPSA) is 46.5 Å². The Morgan fingerprint density at radius 3 is 2.43 bits per heavy atom. The van der Waals surface area contributed by atoms with Crippen LogP contribution in [0.4, 0.5) is 0 Å². The van der Waals surface area contributed by atoms with Crippen molar-refractivity contribution in [3.05, 3.63) is 0 Å². The lowest BCUT2D eigenvalue weighted by molar-refractivity contribution is -0.143. The normalized spacial score (nSPS) is 26.0. The standard InChI is InChI=1S/C11H18O3/c12-11(13)10(9-1-2-9)7-8-3-5-14-6-4-8/h8-10H,1-7H2,(H,12,13). The van der Waals surface area contributed by atoms with E-state index in [4.69, 9.17) is 9.84 Å². The van der Waals surface area contributed by atoms with Gasteiger partial charge >= 0.3 is 5.97 Å². The molecule has 0 aromatic heterocycles. The molecule has 0 aromatic rings. The summed E-state index contributed by atoms with van der Waals surface area (Å²) in [6.45, 7) is 1.64. The molecule has 3 nitrogen and oxygen atoms in total. The first-order chi connectivity index (χ1) is 6.77. The molecule has 0 amide bonds. The van der Waals surface area contributed by atoms with Crippen molar-refractivity contribution in [2.75, 3.05) is 13.2 Å². The number of rotatable bonds is 4. The number of aliphatic carboxylic acids is 1. The van der Waals surface area contributed by atoms with Crippen molar-refractivity contribution in [1.82, 2.24) is 0 Å². The Kier molecular flexibility index (Phi) is 3.06. The van der Waals surface area contributed by atoms with E-state index in [0.29, 0.717) is 11.8 Å². The molecule has 2 fully saturated rings. The highest BCUT2D eigenvalue weighted by atomic mass is 16.5. The van der Waals surface area contributed by atoms with Crippen molar-refractivity contribution < 1.29 is 14.6 Å². The zero-order valence-corrected chi connectivity index (χ0v) is 8.45. The molecule has 1 aliphatic heterocycles. The first-order valence-corrected chi connectivity index (χ1v) is 5.58. The van der Waals surface area contributed by atoms with Crippen molar-refractivity contribution in [2.45, 2.75) is 32.1 Å². The third kappa shape index (κ3) is 2.47. The molecular formula is C11H18O3. The summed E-state index contributed by atoms with van der Waals surface area (Å²) in [5, 5.41) is 9.08. The molecule has 14 heavy (non-hydrogen) atoms. The van der Waals surface area contributed by atoms with Crippen LogP contribution in [0.15, 0.2) is 0 Å². The second-order valence-corrected chi connectivity index (χ2v) is 4.57. The number of carboxylic acids is 1. The summed E-state index contributed by atoms with van der Waals surface area (Å²) in [5.74, 6) is 0.415. The lowest BCUT2D eigenvalue weighted by Crippen LogP contribution is -2.24. The van der Waals surface area contributed by atoms with Gasteiger partial charge in [0.2, 0.25) is 0 Å². The lowest BCUT2D eigenvalue weighted by atomic mass is 9.86. The van der Waals surface area contributed by atoms with Crippen LogP contribution in [0.5, 0.6) is 0 Å².